The number of sulfonamides is 1. The largest absolute Gasteiger partial charge is 0.455 e. The summed E-state index contributed by atoms with van der Waals surface area (Å²) in [6.45, 7) is 0. The predicted octanol–water partition coefficient (Wildman–Crippen LogP) is 5.47. The maximum absolute atomic E-state index is 13.7. The minimum absolute atomic E-state index is 0.211. The number of nitrogens with zero attached hydrogens (tertiary/aromatic N) is 4. The van der Waals surface area contributed by atoms with Gasteiger partial charge in [0.25, 0.3) is 5.91 Å². The Bertz CT molecular complexity index is 2220. The number of carbonyl (C=O) groups is 1. The van der Waals surface area contributed by atoms with Crippen molar-refractivity contribution in [2.75, 3.05) is 24.7 Å². The van der Waals surface area contributed by atoms with E-state index in [0.717, 1.165) is 21.5 Å². The zero-order valence-corrected chi connectivity index (χ0v) is 24.0. The second kappa shape index (κ2) is 10.4. The number of aromatic amines is 1. The average Bonchev–Trinajstić information content (AvgIpc) is 3.60. The molecule has 10 nitrogen and oxygen atoms in total. The van der Waals surface area contributed by atoms with Gasteiger partial charge >= 0.3 is 0 Å². The molecule has 0 aliphatic carbocycles. The van der Waals surface area contributed by atoms with Crippen LogP contribution in [0.15, 0.2) is 77.3 Å². The van der Waals surface area contributed by atoms with E-state index in [1.54, 1.807) is 30.3 Å². The summed E-state index contributed by atoms with van der Waals surface area (Å²) in [7, 11) is -0.813. The zero-order chi connectivity index (χ0) is 30.5. The Morgan fingerprint density at radius 3 is 2.53 bits per heavy atom. The number of nitriles is 1. The van der Waals surface area contributed by atoms with Crippen molar-refractivity contribution in [3.63, 3.8) is 0 Å². The second-order valence-electron chi connectivity index (χ2n) is 9.91. The maximum Gasteiger partial charge on any atom is 0.255 e. The number of anilines is 1. The molecule has 43 heavy (non-hydrogen) atoms. The van der Waals surface area contributed by atoms with Crippen molar-refractivity contribution >= 4 is 43.5 Å². The molecule has 0 unspecified atom stereocenters. The Balaban J connectivity index is 1.59. The van der Waals surface area contributed by atoms with Crippen molar-refractivity contribution in [3.05, 3.63) is 89.9 Å². The van der Waals surface area contributed by atoms with E-state index >= 15 is 0 Å². The molecule has 0 aliphatic rings. The molecule has 0 bridgehead atoms. The normalized spacial score (nSPS) is 11.5. The predicted molar refractivity (Wildman–Crippen MR) is 161 cm³/mol. The topological polar surface area (TPSA) is 145 Å². The quantitative estimate of drug-likeness (QED) is 0.260. The fraction of sp³-hybridized carbons (Fsp3) is 0.0968. The minimum Gasteiger partial charge on any atom is -0.455 e. The number of rotatable bonds is 6. The van der Waals surface area contributed by atoms with E-state index < -0.39 is 21.7 Å². The molecule has 0 saturated heterocycles. The molecule has 2 N–H and O–H groups in total. The van der Waals surface area contributed by atoms with Crippen LogP contribution in [0.1, 0.15) is 15.9 Å². The van der Waals surface area contributed by atoms with E-state index in [-0.39, 0.29) is 22.6 Å². The lowest BCUT2D eigenvalue weighted by atomic mass is 9.99. The smallest absolute Gasteiger partial charge is 0.255 e. The summed E-state index contributed by atoms with van der Waals surface area (Å²) in [6.07, 6.45) is 2.58. The molecule has 6 aromatic rings. The molecule has 0 atom stereocenters. The first-order valence-electron chi connectivity index (χ1n) is 13.0. The number of carbonyl (C=O) groups excluding carboxylic acids is 1. The summed E-state index contributed by atoms with van der Waals surface area (Å²) in [4.78, 5) is 16.4. The molecule has 0 fully saturated rings. The Labute approximate surface area is 245 Å². The molecule has 0 radical (unpaired) electrons. The molecule has 3 heterocycles. The van der Waals surface area contributed by atoms with E-state index in [2.05, 4.69) is 26.6 Å². The molecule has 0 saturated carbocycles. The molecule has 0 spiro atoms. The SMILES string of the molecule is CNC(=O)c1c(-c2ccc(F)cc2)oc2cc(N(C)S(C)(=O)=O)c(-c3cnnc(-c4cc5ccc(C#N)cc5[nH]4)c3)cc12. The van der Waals surface area contributed by atoms with Gasteiger partial charge in [0.15, 0.2) is 0 Å². The molecule has 214 valence electrons. The van der Waals surface area contributed by atoms with Gasteiger partial charge in [-0.2, -0.15) is 10.4 Å². The van der Waals surface area contributed by atoms with Crippen molar-refractivity contribution in [1.29, 1.82) is 5.26 Å². The van der Waals surface area contributed by atoms with Crippen molar-refractivity contribution in [1.82, 2.24) is 20.5 Å². The monoisotopic (exact) mass is 594 g/mol. The highest BCUT2D eigenvalue weighted by atomic mass is 32.2. The summed E-state index contributed by atoms with van der Waals surface area (Å²) in [5.74, 6) is -0.665. The lowest BCUT2D eigenvalue weighted by Crippen LogP contribution is -2.25. The number of H-pyrrole nitrogens is 1. The summed E-state index contributed by atoms with van der Waals surface area (Å²) in [5, 5.41) is 21.6. The highest BCUT2D eigenvalue weighted by Crippen LogP contribution is 2.41. The van der Waals surface area contributed by atoms with E-state index in [1.165, 1.54) is 44.6 Å². The average molecular weight is 595 g/mol. The van der Waals surface area contributed by atoms with Crippen LogP contribution in [0.5, 0.6) is 0 Å². The van der Waals surface area contributed by atoms with Gasteiger partial charge in [-0.3, -0.25) is 9.10 Å². The van der Waals surface area contributed by atoms with Crippen LogP contribution in [0.3, 0.4) is 0 Å². The lowest BCUT2D eigenvalue weighted by molar-refractivity contribution is 0.0964. The Hall–Kier alpha value is -5.54. The lowest BCUT2D eigenvalue weighted by Gasteiger charge is -2.20. The molecule has 1 amide bonds. The summed E-state index contributed by atoms with van der Waals surface area (Å²) in [5.41, 5.74) is 4.60. The van der Waals surface area contributed by atoms with E-state index in [1.807, 2.05) is 12.1 Å². The number of hydrogen-bond acceptors (Lipinski definition) is 7. The van der Waals surface area contributed by atoms with E-state index in [9.17, 15) is 22.9 Å². The van der Waals surface area contributed by atoms with Crippen LogP contribution in [-0.2, 0) is 10.0 Å². The van der Waals surface area contributed by atoms with Gasteiger partial charge in [0, 0.05) is 53.1 Å². The maximum atomic E-state index is 13.7. The van der Waals surface area contributed by atoms with Gasteiger partial charge in [0.05, 0.1) is 41.0 Å². The van der Waals surface area contributed by atoms with Crippen LogP contribution in [0.4, 0.5) is 10.1 Å². The fourth-order valence-electron chi connectivity index (χ4n) is 4.94. The number of benzene rings is 3. The highest BCUT2D eigenvalue weighted by Gasteiger charge is 2.26. The van der Waals surface area contributed by atoms with Gasteiger partial charge in [-0.15, -0.1) is 5.10 Å². The third kappa shape index (κ3) is 4.96. The first-order chi connectivity index (χ1) is 20.6. The third-order valence-electron chi connectivity index (χ3n) is 7.20. The van der Waals surface area contributed by atoms with Crippen LogP contribution in [0.25, 0.3) is 55.7 Å². The number of furan rings is 1. The Morgan fingerprint density at radius 1 is 1.07 bits per heavy atom. The van der Waals surface area contributed by atoms with E-state index in [0.29, 0.717) is 39.0 Å². The molecule has 3 aromatic carbocycles. The summed E-state index contributed by atoms with van der Waals surface area (Å²) >= 11 is 0. The number of halogens is 1. The highest BCUT2D eigenvalue weighted by molar-refractivity contribution is 7.92. The summed E-state index contributed by atoms with van der Waals surface area (Å²) in [6, 6.07) is 19.8. The second-order valence-corrected chi connectivity index (χ2v) is 11.9. The fourth-order valence-corrected chi connectivity index (χ4v) is 5.45. The van der Waals surface area contributed by atoms with Gasteiger partial charge in [-0.1, -0.05) is 6.07 Å². The van der Waals surface area contributed by atoms with Crippen molar-refractivity contribution < 1.29 is 22.0 Å². The van der Waals surface area contributed by atoms with Crippen LogP contribution in [-0.4, -0.2) is 49.9 Å². The first kappa shape index (κ1) is 27.6. The first-order valence-corrected chi connectivity index (χ1v) is 14.8. The molecule has 3 aromatic heterocycles. The van der Waals surface area contributed by atoms with Crippen molar-refractivity contribution in [3.8, 4) is 39.9 Å². The summed E-state index contributed by atoms with van der Waals surface area (Å²) < 4.78 is 46.3. The number of amides is 1. The van der Waals surface area contributed by atoms with E-state index in [4.69, 9.17) is 4.42 Å². The van der Waals surface area contributed by atoms with Crippen LogP contribution in [0.2, 0.25) is 0 Å². The minimum atomic E-state index is -3.72. The molecule has 12 heteroatoms. The van der Waals surface area contributed by atoms with Gasteiger partial charge < -0.3 is 14.7 Å². The van der Waals surface area contributed by atoms with Gasteiger partial charge in [0.1, 0.15) is 22.9 Å². The third-order valence-corrected chi connectivity index (χ3v) is 8.39. The van der Waals surface area contributed by atoms with Gasteiger partial charge in [-0.05, 0) is 54.6 Å². The standard InChI is InChI=1S/C31H23FN6O4S/c1-34-31(39)29-23-13-22(20-12-26(37-35-16-20)25-11-19-5-4-17(15-33)10-24(19)36-25)27(38(2)43(3,40)41)14-28(23)42-30(29)18-6-8-21(32)9-7-18/h4-14,16,36H,1-3H3,(H,34,39). The van der Waals surface area contributed by atoms with Crippen LogP contribution in [0, 0.1) is 17.1 Å². The van der Waals surface area contributed by atoms with Gasteiger partial charge in [0.2, 0.25) is 10.0 Å². The number of aromatic nitrogens is 3. The molecular formula is C31H23FN6O4S. The number of hydrogen-bond donors (Lipinski definition) is 2. The zero-order valence-electron chi connectivity index (χ0n) is 23.1. The number of fused-ring (bicyclic) bond motifs is 2. The Kier molecular flexibility index (Phi) is 6.67. The van der Waals surface area contributed by atoms with Crippen molar-refractivity contribution in [2.45, 2.75) is 0 Å². The molecule has 6 rings (SSSR count). The number of nitrogens with one attached hydrogen (secondary N) is 2. The Morgan fingerprint density at radius 2 is 1.84 bits per heavy atom. The molecular weight excluding hydrogens is 571 g/mol. The van der Waals surface area contributed by atoms with Gasteiger partial charge in [-0.25, -0.2) is 12.8 Å². The van der Waals surface area contributed by atoms with Crippen LogP contribution >= 0.6 is 0 Å². The van der Waals surface area contributed by atoms with Crippen LogP contribution < -0.4 is 9.62 Å². The molecule has 0 aliphatic heterocycles. The van der Waals surface area contributed by atoms with Crippen molar-refractivity contribution in [2.24, 2.45) is 0 Å².